The molecule has 769 valence electrons. The molecule has 0 amide bonds. The molecule has 22 atom stereocenters. The van der Waals surface area contributed by atoms with Gasteiger partial charge in [0.05, 0.1) is 58.0 Å². The Bertz CT molecular complexity index is 5990. The maximum atomic E-state index is 12.4. The van der Waals surface area contributed by atoms with Crippen LogP contribution in [0.2, 0.25) is 10.0 Å². The van der Waals surface area contributed by atoms with E-state index in [0.717, 1.165) is 168 Å². The molecule has 36 heteroatoms. The zero-order valence-corrected chi connectivity index (χ0v) is 89.5. The second-order valence-electron chi connectivity index (χ2n) is 39.0. The molecule has 3 saturated heterocycles. The molecule has 12 aliphatic carbocycles. The minimum atomic E-state index is -3.94. The fourth-order valence-corrected chi connectivity index (χ4v) is 23.3. The standard InChI is InChI=1S/C32H28ClN5O2.C28H25ClN6O.C9H14O2.C8H10.C7H10O2.C7H12O.C7H10O.C4H8N2O4P.C4H8O.C3H4O2.CH5P.B.Na.H2O/c1-3-24(39)12-21-13-26-30(14-20(21)7-9-25-27-16-38(2)17-28(25)27)35-19-36-32(26)37-22-8-10-31(29(33)15-22)40-18-23-6-4-5-11-34-23;1-35-13-22-20(23(22)14-35)7-5-17-10-26-21(12-25(17)30)28(33-16-32-26)34-18-6-8-27(24(29)11-18)36-15-19-4-2-3-9-31-19;1-2-11-9(10)8-6-4-3-5-7(6)8;1-2-6-7-4-3-5-8(6)7;8-7(9)6-4-2-1-3-5(4)6;2*8-4-7-5-2-1-3-6(5)7;1-3(7)4(6-5)11(8,9)10-2;1-2-4-5-3-1;1-2-3(4)5;1-2;;;/h3-6,8,10-11,13-15,19,25,27-28H,1,12,16-18H2,2H3,(H,35,36,37);2-4,6,8-12,16,20,22-23H,13-15,30H2,1H3,(H,32,33,34);6-8H,2-5H2,1H3;1,6-8H,3-5H2;4-6H,1-3H2,(H,8,9);5-8H,1-4H2;4-7H,1-3H2;8-9H,1-2H3;1-4H2;2H,1H2,(H,4,5);2H2,1H3;;;1H2/q;;;;;;;+1;;;;;+1;/p-1/t25?,27-,28+;20?,22-,23+;6-,7+,8?;6?,7-,8+;4-,5+,6?;2*5-,6+,7?;;;;;;;/i;;;;;;;;;;1D;;;. The molecule has 146 heavy (non-hydrogen) atoms. The van der Waals surface area contributed by atoms with Crippen molar-refractivity contribution in [2.75, 3.05) is 96.8 Å². The SMILES string of the molecule is C#CC1[C@H]2CCC[C@@H]12.C1CCOC1.C=CC(=O)Cc1cc2c(Nc3ccc(OCc4ccccn4)c(Cl)c3)ncnc2cc1C#CC1[C@H]2CN(C)C[C@@H]12.C=CC(=O)O.CCOC(=O)C1[C@H]2CCC[C@@H]12.CN1C[C@@H]2C(C#Cc3cc4ncnc(Nc5ccc(OCc6ccccn6)c(Cl)c5)c4cc3N)[C@@H]2C1.CO[P+](O)(O)C(=[N+]=[N-])C(C)=O.O=C(O)C1[C@H]2CCC[C@@H]12.O=CC1[C@H]2CCC[C@@H]12.OCC1[C@H]2CCC[C@@H]12.[2H]CP.[B].[Na+].[OH-]. The molecule has 4 aromatic heterocycles. The van der Waals surface area contributed by atoms with Crippen LogP contribution in [0.15, 0.2) is 147 Å². The minimum absolute atomic E-state index is 0. The molecule has 12 saturated carbocycles. The number of fused-ring (bicyclic) bond motifs is 9. The van der Waals surface area contributed by atoms with Gasteiger partial charge in [-0.15, -0.1) is 26.4 Å². The van der Waals surface area contributed by atoms with E-state index in [1.807, 2.05) is 91.9 Å². The monoisotopic (exact) mass is 2080 g/mol. The number of pyridine rings is 2. The van der Waals surface area contributed by atoms with Crippen molar-refractivity contribution >= 4 is 141 Å². The average Bonchev–Trinajstić information content (AvgIpc) is 1.57. The second kappa shape index (κ2) is 56.6. The Balaban J connectivity index is 0.000000184. The van der Waals surface area contributed by atoms with Gasteiger partial charge in [0.1, 0.15) is 55.3 Å². The number of ether oxygens (including phenoxy) is 4. The Morgan fingerprint density at radius 1 is 0.637 bits per heavy atom. The molecular formula is C110H135BCl2N13NaO17P2+. The van der Waals surface area contributed by atoms with E-state index in [9.17, 15) is 28.8 Å². The molecule has 15 fully saturated rings. The number of nitrogens with zero attached hydrogens (tertiary/aromatic N) is 10. The Morgan fingerprint density at radius 3 is 1.42 bits per heavy atom. The van der Waals surface area contributed by atoms with Crippen LogP contribution in [0.1, 0.15) is 152 Å². The topological polar surface area (TPSA) is 450 Å². The molecule has 3 aliphatic heterocycles. The number of nitrogens with two attached hydrogens (primary N) is 1. The van der Waals surface area contributed by atoms with Gasteiger partial charge in [0, 0.05) is 150 Å². The number of aromatic nitrogens is 6. The molecule has 10 N–H and O–H groups in total. The van der Waals surface area contributed by atoms with Crippen molar-refractivity contribution in [3.05, 3.63) is 191 Å². The number of carbonyl (C=O) groups excluding carboxylic acids is 4. The maximum absolute atomic E-state index is 12.4. The van der Waals surface area contributed by atoms with Crippen LogP contribution in [0.3, 0.4) is 0 Å². The minimum Gasteiger partial charge on any atom is -0.870 e. The van der Waals surface area contributed by atoms with Crippen molar-refractivity contribution in [3.63, 3.8) is 0 Å². The van der Waals surface area contributed by atoms with Gasteiger partial charge >= 0.3 is 60.9 Å². The predicted octanol–water partition coefficient (Wildman–Crippen LogP) is 14.4. The number of aliphatic hydroxyl groups excluding tert-OH is 1. The Labute approximate surface area is 894 Å². The molecule has 8 aromatic rings. The number of anilines is 5. The molecule has 8 unspecified atom stereocenters. The molecule has 23 rings (SSSR count). The summed E-state index contributed by atoms with van der Waals surface area (Å²) in [6.07, 6.45) is 37.8. The number of ketones is 2. The van der Waals surface area contributed by atoms with Crippen LogP contribution in [-0.2, 0) is 62.4 Å². The number of piperidine rings is 2. The number of likely N-dealkylation sites (tertiary alicyclic amines) is 2. The van der Waals surface area contributed by atoms with Gasteiger partial charge in [-0.1, -0.05) is 111 Å². The van der Waals surface area contributed by atoms with Crippen molar-refractivity contribution in [1.29, 1.82) is 0 Å². The number of aldehydes is 1. The number of nitrogens with one attached hydrogen (secondary N) is 2. The van der Waals surface area contributed by atoms with E-state index in [-0.39, 0.29) is 67.5 Å². The van der Waals surface area contributed by atoms with Crippen molar-refractivity contribution in [2.45, 2.75) is 143 Å². The first kappa shape index (κ1) is 116. The van der Waals surface area contributed by atoms with Gasteiger partial charge in [-0.3, -0.25) is 29.1 Å². The number of hydrogen-bond acceptors (Lipinski definition) is 26. The molecule has 0 bridgehead atoms. The third kappa shape index (κ3) is 31.8. The van der Waals surface area contributed by atoms with Crippen LogP contribution in [0.4, 0.5) is 28.7 Å². The quantitative estimate of drug-likeness (QED) is 0.00298. The summed E-state index contributed by atoms with van der Waals surface area (Å²) in [4.78, 5) is 115. The van der Waals surface area contributed by atoms with Crippen molar-refractivity contribution in [1.82, 2.24) is 39.7 Å². The summed E-state index contributed by atoms with van der Waals surface area (Å²) in [7, 11) is 3.63. The van der Waals surface area contributed by atoms with Gasteiger partial charge < -0.3 is 76.2 Å². The molecular weight excluding hydrogens is 1940 g/mol. The molecule has 4 aromatic carbocycles. The van der Waals surface area contributed by atoms with Crippen LogP contribution >= 0.6 is 40.4 Å². The summed E-state index contributed by atoms with van der Waals surface area (Å²) in [6, 6.07) is 30.1. The van der Waals surface area contributed by atoms with Crippen LogP contribution in [0, 0.1) is 160 Å². The van der Waals surface area contributed by atoms with E-state index in [1.54, 1.807) is 24.5 Å². The Kier molecular flexibility index (Phi) is 45.1. The summed E-state index contributed by atoms with van der Waals surface area (Å²) < 4.78 is 31.9. The second-order valence-corrected chi connectivity index (χ2v) is 41.7. The van der Waals surface area contributed by atoms with Crippen LogP contribution in [0.25, 0.3) is 27.3 Å². The number of halogens is 2. The third-order valence-electron chi connectivity index (χ3n) is 30.0. The number of rotatable bonds is 22. The van der Waals surface area contributed by atoms with Crippen molar-refractivity contribution < 1.29 is 119 Å². The smallest absolute Gasteiger partial charge is 0.870 e. The molecule has 7 heterocycles. The van der Waals surface area contributed by atoms with Crippen molar-refractivity contribution in [2.24, 2.45) is 124 Å². The first-order valence-electron chi connectivity index (χ1n) is 50.4. The Morgan fingerprint density at radius 2 is 1.08 bits per heavy atom. The van der Waals surface area contributed by atoms with Gasteiger partial charge in [0.25, 0.3) is 5.78 Å². The fraction of sp³-hybridized carbons (Fsp3) is 0.500. The Hall–Kier alpha value is -10.00. The van der Waals surface area contributed by atoms with Gasteiger partial charge in [0.15, 0.2) is 5.78 Å². The number of nitrogen functional groups attached to an aromatic ring is 1. The van der Waals surface area contributed by atoms with Crippen molar-refractivity contribution in [3.8, 4) is 47.5 Å². The summed E-state index contributed by atoms with van der Waals surface area (Å²) in [5.41, 5.74) is 21.6. The summed E-state index contributed by atoms with van der Waals surface area (Å²) >= 11 is 13.0. The van der Waals surface area contributed by atoms with Crippen LogP contribution in [-0.4, -0.2) is 205 Å². The normalized spacial score (nSPS) is 26.5. The van der Waals surface area contributed by atoms with E-state index < -0.39 is 31.1 Å². The predicted molar refractivity (Wildman–Crippen MR) is 565 cm³/mol. The van der Waals surface area contributed by atoms with Gasteiger partial charge in [-0.05, 0) is 283 Å². The summed E-state index contributed by atoms with van der Waals surface area (Å²) in [6.45, 7) is 18.1. The average molecular weight is 2080 g/mol. The molecule has 0 spiro atoms. The maximum Gasteiger partial charge on any atom is 1.00 e. The number of aliphatic hydroxyl groups is 1. The number of hydrogen-bond donors (Lipinski definition) is 8. The molecule has 3 radical (unpaired) electrons. The van der Waals surface area contributed by atoms with Crippen LogP contribution < -0.4 is 55.4 Å². The van der Waals surface area contributed by atoms with E-state index in [4.69, 9.17) is 86.3 Å². The molecule has 15 aliphatic rings. The number of terminal acetylenes is 1. The summed E-state index contributed by atoms with van der Waals surface area (Å²) in [5.74, 6) is 30.5. The first-order chi connectivity index (χ1) is 69.6. The number of Topliss-reactive ketones (excluding diaryl/α,β-unsaturated/α-hetero) is 1. The number of allylic oxidation sites excluding steroid dienone is 1. The third-order valence-corrected chi connectivity index (χ3v) is 32.0. The number of carboxylic acid groups (broad SMARTS) is 2. The van der Waals surface area contributed by atoms with Gasteiger partial charge in [-0.2, -0.15) is 14.3 Å². The first-order valence-corrected chi connectivity index (χ1v) is 52.8. The fourth-order valence-electron chi connectivity index (χ4n) is 22.2. The zero-order valence-electron chi connectivity index (χ0n) is 85.0. The number of carbonyl (C=O) groups is 6. The number of carboxylic acids is 2. The van der Waals surface area contributed by atoms with E-state index in [1.165, 1.54) is 128 Å². The number of benzene rings is 4. The van der Waals surface area contributed by atoms with E-state index in [2.05, 4.69) is 126 Å². The largest absolute Gasteiger partial charge is 1.00 e. The van der Waals surface area contributed by atoms with E-state index >= 15 is 0 Å². The number of esters is 1. The zero-order chi connectivity index (χ0) is 103. The number of aliphatic carboxylic acids is 2. The van der Waals surface area contributed by atoms with Gasteiger partial charge in [-0.25, -0.2) is 24.7 Å². The summed E-state index contributed by atoms with van der Waals surface area (Å²) in [5, 5.41) is 34.1. The molecule has 30 nitrogen and oxygen atoms in total. The van der Waals surface area contributed by atoms with Gasteiger partial charge in [0.2, 0.25) is 0 Å². The van der Waals surface area contributed by atoms with Crippen LogP contribution in [0.5, 0.6) is 11.5 Å². The van der Waals surface area contributed by atoms with E-state index in [0.29, 0.717) is 149 Å².